The molecule has 2 bridgehead atoms. The van der Waals surface area contributed by atoms with Crippen LogP contribution in [0.15, 0.2) is 36.7 Å². The van der Waals surface area contributed by atoms with Crippen LogP contribution in [0.25, 0.3) is 11.4 Å². The van der Waals surface area contributed by atoms with Gasteiger partial charge in [-0.25, -0.2) is 4.98 Å². The Balaban J connectivity index is 1.53. The molecule has 9 heteroatoms. The lowest BCUT2D eigenvalue weighted by atomic mass is 10.0. The molecule has 2 aromatic rings. The molecule has 2 heterocycles. The second kappa shape index (κ2) is 13.4. The summed E-state index contributed by atoms with van der Waals surface area (Å²) < 4.78 is 8.01. The Bertz CT molecular complexity index is 1090. The number of benzene rings is 1. The zero-order chi connectivity index (χ0) is 26.9. The number of amides is 3. The van der Waals surface area contributed by atoms with Crippen molar-refractivity contribution in [2.24, 2.45) is 11.8 Å². The third-order valence-electron chi connectivity index (χ3n) is 7.28. The van der Waals surface area contributed by atoms with Gasteiger partial charge in [-0.05, 0) is 49.7 Å². The van der Waals surface area contributed by atoms with E-state index in [2.05, 4.69) is 15.6 Å². The fourth-order valence-electron chi connectivity index (χ4n) is 5.34. The van der Waals surface area contributed by atoms with E-state index in [-0.39, 0.29) is 30.2 Å². The first-order valence-corrected chi connectivity index (χ1v) is 14.0. The lowest BCUT2D eigenvalue weighted by Gasteiger charge is -2.26. The summed E-state index contributed by atoms with van der Waals surface area (Å²) in [5.74, 6) is 1.61. The minimum absolute atomic E-state index is 0.000138. The van der Waals surface area contributed by atoms with Gasteiger partial charge in [-0.3, -0.25) is 14.4 Å². The Morgan fingerprint density at radius 3 is 2.76 bits per heavy atom. The monoisotopic (exact) mass is 523 g/mol. The first-order valence-electron chi connectivity index (χ1n) is 14.0. The predicted octanol–water partition coefficient (Wildman–Crippen LogP) is 3.39. The van der Waals surface area contributed by atoms with E-state index in [0.717, 1.165) is 42.8 Å². The summed E-state index contributed by atoms with van der Waals surface area (Å²) in [6.07, 6.45) is 9.68. The van der Waals surface area contributed by atoms with Crippen LogP contribution >= 0.6 is 0 Å². The van der Waals surface area contributed by atoms with Gasteiger partial charge in [0.05, 0.1) is 13.2 Å². The maximum Gasteiger partial charge on any atom is 0.242 e. The van der Waals surface area contributed by atoms with Crippen molar-refractivity contribution in [3.05, 3.63) is 36.7 Å². The van der Waals surface area contributed by atoms with Crippen LogP contribution in [0.4, 0.5) is 0 Å². The van der Waals surface area contributed by atoms with Gasteiger partial charge in [0.1, 0.15) is 17.6 Å². The van der Waals surface area contributed by atoms with Crippen molar-refractivity contribution in [2.75, 3.05) is 26.2 Å². The second-order valence-corrected chi connectivity index (χ2v) is 10.9. The molecule has 1 aliphatic carbocycles. The van der Waals surface area contributed by atoms with E-state index in [1.54, 1.807) is 11.1 Å². The molecule has 1 saturated carbocycles. The normalized spacial score (nSPS) is 20.2. The predicted molar refractivity (Wildman–Crippen MR) is 145 cm³/mol. The van der Waals surface area contributed by atoms with E-state index < -0.39 is 6.04 Å². The molecule has 206 valence electrons. The maximum atomic E-state index is 13.2. The zero-order valence-electron chi connectivity index (χ0n) is 22.7. The number of nitrogens with one attached hydrogen (secondary N) is 2. The molecule has 0 saturated heterocycles. The lowest BCUT2D eigenvalue weighted by Crippen LogP contribution is -2.51. The molecule has 0 radical (unpaired) electrons. The van der Waals surface area contributed by atoms with Crippen LogP contribution in [0.2, 0.25) is 0 Å². The summed E-state index contributed by atoms with van der Waals surface area (Å²) >= 11 is 0. The largest absolute Gasteiger partial charge is 0.494 e. The summed E-state index contributed by atoms with van der Waals surface area (Å²) in [6.45, 7) is 5.77. The van der Waals surface area contributed by atoms with Crippen molar-refractivity contribution < 1.29 is 19.1 Å². The molecule has 1 aromatic heterocycles. The molecule has 4 rings (SSSR count). The van der Waals surface area contributed by atoms with Crippen molar-refractivity contribution in [3.63, 3.8) is 0 Å². The number of ether oxygens (including phenoxy) is 1. The van der Waals surface area contributed by atoms with Crippen molar-refractivity contribution in [1.29, 1.82) is 0 Å². The molecule has 2 aliphatic rings. The smallest absolute Gasteiger partial charge is 0.242 e. The molecule has 1 aromatic carbocycles. The fraction of sp³-hybridized carbons (Fsp3) is 0.586. The summed E-state index contributed by atoms with van der Waals surface area (Å²) in [5.41, 5.74) is 0.929. The molecular weight excluding hydrogens is 482 g/mol. The van der Waals surface area contributed by atoms with E-state index in [1.165, 1.54) is 0 Å². The fourth-order valence-corrected chi connectivity index (χ4v) is 5.34. The molecule has 2 N–H and O–H groups in total. The van der Waals surface area contributed by atoms with Gasteiger partial charge in [0.2, 0.25) is 17.7 Å². The van der Waals surface area contributed by atoms with Crippen molar-refractivity contribution in [1.82, 2.24) is 25.1 Å². The number of aromatic nitrogens is 2. The first-order chi connectivity index (χ1) is 18.4. The Morgan fingerprint density at radius 2 is 1.97 bits per heavy atom. The molecule has 9 nitrogen and oxygen atoms in total. The highest BCUT2D eigenvalue weighted by Gasteiger charge is 2.26. The highest BCUT2D eigenvalue weighted by molar-refractivity contribution is 5.90. The zero-order valence-corrected chi connectivity index (χ0v) is 22.7. The van der Waals surface area contributed by atoms with Gasteiger partial charge >= 0.3 is 0 Å². The van der Waals surface area contributed by atoms with E-state index in [1.807, 2.05) is 48.9 Å². The third-order valence-corrected chi connectivity index (χ3v) is 7.28. The molecule has 1 fully saturated rings. The minimum atomic E-state index is -0.657. The highest BCUT2D eigenvalue weighted by Crippen LogP contribution is 2.28. The summed E-state index contributed by atoms with van der Waals surface area (Å²) in [4.78, 5) is 45.5. The Morgan fingerprint density at radius 1 is 1.16 bits per heavy atom. The van der Waals surface area contributed by atoms with Crippen LogP contribution in [-0.4, -0.2) is 64.5 Å². The average molecular weight is 524 g/mol. The molecule has 0 spiro atoms. The number of imidazole rings is 1. The minimum Gasteiger partial charge on any atom is -0.494 e. The molecule has 3 amide bonds. The molecule has 1 atom stereocenters. The van der Waals surface area contributed by atoms with E-state index in [9.17, 15) is 14.4 Å². The van der Waals surface area contributed by atoms with Crippen LogP contribution < -0.4 is 15.4 Å². The topological polar surface area (TPSA) is 106 Å². The number of hydrogen-bond acceptors (Lipinski definition) is 5. The van der Waals surface area contributed by atoms with Gasteiger partial charge in [0, 0.05) is 44.0 Å². The number of rotatable bonds is 4. The number of carbonyl (C=O) groups is 3. The van der Waals surface area contributed by atoms with Gasteiger partial charge < -0.3 is 24.8 Å². The van der Waals surface area contributed by atoms with Crippen molar-refractivity contribution in [3.8, 4) is 17.1 Å². The molecular formula is C29H41N5O4. The molecule has 0 unspecified atom stereocenters. The van der Waals surface area contributed by atoms with Gasteiger partial charge in [-0.2, -0.15) is 0 Å². The summed E-state index contributed by atoms with van der Waals surface area (Å²) in [5, 5.41) is 5.88. The number of carbonyl (C=O) groups excluding carboxylic acids is 3. The van der Waals surface area contributed by atoms with Gasteiger partial charge in [-0.15, -0.1) is 0 Å². The van der Waals surface area contributed by atoms with Crippen molar-refractivity contribution in [2.45, 2.75) is 71.4 Å². The number of hydrogen-bond donors (Lipinski definition) is 2. The van der Waals surface area contributed by atoms with Gasteiger partial charge in [-0.1, -0.05) is 38.8 Å². The van der Waals surface area contributed by atoms with Gasteiger partial charge in [0.15, 0.2) is 0 Å². The van der Waals surface area contributed by atoms with Crippen LogP contribution in [-0.2, 0) is 20.9 Å². The standard InChI is InChI=1S/C29H41N5O4/c1-21(2)17-25-29(37)31-12-15-33-14-11-30-28(33)23-9-5-10-24(19-23)38-16-6-13-34(20-26(35)32-25)27(36)18-22-7-3-4-8-22/h5,9-11,14,19,21-22,25H,3-4,6-8,12-13,15-18,20H2,1-2H3,(H,31,37)(H,32,35)/t25-/m1/s1. The Kier molecular flexibility index (Phi) is 9.79. The van der Waals surface area contributed by atoms with E-state index in [4.69, 9.17) is 4.74 Å². The van der Waals surface area contributed by atoms with Crippen molar-refractivity contribution >= 4 is 17.7 Å². The highest BCUT2D eigenvalue weighted by atomic mass is 16.5. The van der Waals surface area contributed by atoms with Gasteiger partial charge in [0.25, 0.3) is 0 Å². The summed E-state index contributed by atoms with van der Waals surface area (Å²) in [7, 11) is 0. The Hall–Kier alpha value is -3.36. The van der Waals surface area contributed by atoms with Crippen LogP contribution in [0, 0.1) is 11.8 Å². The Labute approximate surface area is 225 Å². The van der Waals surface area contributed by atoms with E-state index >= 15 is 0 Å². The average Bonchev–Trinajstić information content (AvgIpc) is 3.57. The number of fused-ring (bicyclic) bond motifs is 4. The first kappa shape index (κ1) is 27.7. The van der Waals surface area contributed by atoms with Crippen LogP contribution in [0.5, 0.6) is 5.75 Å². The van der Waals surface area contributed by atoms with E-state index in [0.29, 0.717) is 51.4 Å². The molecule has 1 aliphatic heterocycles. The number of nitrogens with zero attached hydrogens (tertiary/aromatic N) is 3. The quantitative estimate of drug-likeness (QED) is 0.639. The summed E-state index contributed by atoms with van der Waals surface area (Å²) in [6, 6.07) is 7.12. The molecule has 38 heavy (non-hydrogen) atoms. The van der Waals surface area contributed by atoms with Crippen LogP contribution in [0.1, 0.15) is 58.8 Å². The lowest BCUT2D eigenvalue weighted by molar-refractivity contribution is -0.137. The maximum absolute atomic E-state index is 13.2. The van der Waals surface area contributed by atoms with Crippen LogP contribution in [0.3, 0.4) is 0 Å². The SMILES string of the molecule is CC(C)C[C@H]1NC(=O)CN(C(=O)CC2CCCC2)CCCOc2cccc(c2)-c2nccn2CCNC1=O. The third kappa shape index (κ3) is 7.82. The second-order valence-electron chi connectivity index (χ2n) is 10.9.